The lowest BCUT2D eigenvalue weighted by Gasteiger charge is -2.22. The fraction of sp³-hybridized carbons (Fsp3) is 0.600. The molecule has 0 aliphatic carbocycles. The van der Waals surface area contributed by atoms with Crippen LogP contribution >= 0.6 is 0 Å². The lowest BCUT2D eigenvalue weighted by molar-refractivity contribution is 0.409. The molecule has 0 amide bonds. The summed E-state index contributed by atoms with van der Waals surface area (Å²) in [6.07, 6.45) is 4.14. The summed E-state index contributed by atoms with van der Waals surface area (Å²) in [5.74, 6) is 0.734. The van der Waals surface area contributed by atoms with Crippen LogP contribution in [0.4, 0.5) is 0 Å². The number of aryl methyl sites for hydroxylation is 2. The van der Waals surface area contributed by atoms with Gasteiger partial charge in [-0.05, 0) is 49.9 Å². The molecular weight excluding hydrogens is 274 g/mol. The Labute approximate surface area is 121 Å². The van der Waals surface area contributed by atoms with Gasteiger partial charge in [0, 0.05) is 13.1 Å². The van der Waals surface area contributed by atoms with Crippen molar-refractivity contribution >= 4 is 10.0 Å². The molecule has 1 aliphatic rings. The van der Waals surface area contributed by atoms with E-state index in [4.69, 9.17) is 4.74 Å². The molecule has 0 aromatic heterocycles. The van der Waals surface area contributed by atoms with Crippen molar-refractivity contribution in [3.8, 4) is 5.75 Å². The fourth-order valence-electron chi connectivity index (χ4n) is 2.68. The molecular formula is C15H23NO3S. The van der Waals surface area contributed by atoms with Gasteiger partial charge in [-0.15, -0.1) is 0 Å². The van der Waals surface area contributed by atoms with Gasteiger partial charge in [0.1, 0.15) is 5.75 Å². The third-order valence-corrected chi connectivity index (χ3v) is 5.92. The van der Waals surface area contributed by atoms with Gasteiger partial charge in [-0.1, -0.05) is 12.8 Å². The van der Waals surface area contributed by atoms with Gasteiger partial charge in [-0.25, -0.2) is 8.42 Å². The smallest absolute Gasteiger partial charge is 0.243 e. The van der Waals surface area contributed by atoms with Crippen molar-refractivity contribution in [3.05, 3.63) is 23.3 Å². The summed E-state index contributed by atoms with van der Waals surface area (Å²) in [6, 6.07) is 3.54. The van der Waals surface area contributed by atoms with Crippen LogP contribution in [0.2, 0.25) is 0 Å². The zero-order chi connectivity index (χ0) is 14.8. The molecule has 5 heteroatoms. The number of methoxy groups -OCH3 is 1. The van der Waals surface area contributed by atoms with Crippen molar-refractivity contribution in [3.63, 3.8) is 0 Å². The Morgan fingerprint density at radius 2 is 1.60 bits per heavy atom. The number of ether oxygens (including phenoxy) is 1. The number of benzene rings is 1. The van der Waals surface area contributed by atoms with Gasteiger partial charge < -0.3 is 4.74 Å². The van der Waals surface area contributed by atoms with E-state index in [0.29, 0.717) is 18.0 Å². The monoisotopic (exact) mass is 297 g/mol. The molecule has 0 N–H and O–H groups in total. The molecule has 0 saturated carbocycles. The topological polar surface area (TPSA) is 46.6 Å². The first-order valence-corrected chi connectivity index (χ1v) is 8.56. The first kappa shape index (κ1) is 15.3. The third kappa shape index (κ3) is 2.99. The average molecular weight is 297 g/mol. The zero-order valence-electron chi connectivity index (χ0n) is 12.5. The number of sulfonamides is 1. The quantitative estimate of drug-likeness (QED) is 0.862. The van der Waals surface area contributed by atoms with E-state index in [1.165, 1.54) is 0 Å². The van der Waals surface area contributed by atoms with Crippen molar-refractivity contribution in [2.75, 3.05) is 20.2 Å². The SMILES string of the molecule is COc1cc(C)c(S(=O)(=O)N2CCCCCC2)cc1C. The second-order valence-corrected chi connectivity index (χ2v) is 7.31. The summed E-state index contributed by atoms with van der Waals surface area (Å²) in [4.78, 5) is 0.415. The molecule has 1 aromatic carbocycles. The van der Waals surface area contributed by atoms with Gasteiger partial charge in [-0.3, -0.25) is 0 Å². The highest BCUT2D eigenvalue weighted by Crippen LogP contribution is 2.28. The van der Waals surface area contributed by atoms with Crippen LogP contribution in [0.1, 0.15) is 36.8 Å². The molecule has 4 nitrogen and oxygen atoms in total. The van der Waals surface area contributed by atoms with Crippen LogP contribution in [0, 0.1) is 13.8 Å². The first-order chi connectivity index (χ1) is 9.46. The second kappa shape index (κ2) is 6.14. The molecule has 0 unspecified atom stereocenters. The normalized spacial score (nSPS) is 17.8. The number of nitrogens with zero attached hydrogens (tertiary/aromatic N) is 1. The summed E-state index contributed by atoms with van der Waals surface area (Å²) in [7, 11) is -1.78. The van der Waals surface area contributed by atoms with Crippen molar-refractivity contribution in [2.24, 2.45) is 0 Å². The molecule has 1 aromatic rings. The minimum absolute atomic E-state index is 0.415. The Morgan fingerprint density at radius 1 is 1.00 bits per heavy atom. The zero-order valence-corrected chi connectivity index (χ0v) is 13.3. The van der Waals surface area contributed by atoms with E-state index in [-0.39, 0.29) is 0 Å². The molecule has 0 atom stereocenters. The summed E-state index contributed by atoms with van der Waals surface area (Å²) in [5, 5.41) is 0. The van der Waals surface area contributed by atoms with E-state index in [1.54, 1.807) is 23.5 Å². The van der Waals surface area contributed by atoms with Crippen molar-refractivity contribution in [1.29, 1.82) is 0 Å². The molecule has 20 heavy (non-hydrogen) atoms. The van der Waals surface area contributed by atoms with Gasteiger partial charge in [0.15, 0.2) is 0 Å². The Balaban J connectivity index is 2.40. The fourth-order valence-corrected chi connectivity index (χ4v) is 4.49. The highest BCUT2D eigenvalue weighted by molar-refractivity contribution is 7.89. The molecule has 2 rings (SSSR count). The minimum Gasteiger partial charge on any atom is -0.496 e. The molecule has 1 fully saturated rings. The van der Waals surface area contributed by atoms with E-state index >= 15 is 0 Å². The Kier molecular flexibility index (Phi) is 4.70. The minimum atomic E-state index is -3.39. The largest absolute Gasteiger partial charge is 0.496 e. The van der Waals surface area contributed by atoms with Crippen LogP contribution in [-0.2, 0) is 10.0 Å². The summed E-state index contributed by atoms with van der Waals surface area (Å²) in [6.45, 7) is 4.96. The third-order valence-electron chi connectivity index (χ3n) is 3.88. The predicted octanol–water partition coefficient (Wildman–Crippen LogP) is 2.88. The summed E-state index contributed by atoms with van der Waals surface area (Å²) < 4.78 is 32.5. The molecule has 1 heterocycles. The maximum absolute atomic E-state index is 12.8. The first-order valence-electron chi connectivity index (χ1n) is 7.12. The highest BCUT2D eigenvalue weighted by Gasteiger charge is 2.27. The number of rotatable bonds is 3. The molecule has 0 bridgehead atoms. The molecule has 1 saturated heterocycles. The van der Waals surface area contributed by atoms with Crippen LogP contribution in [0.25, 0.3) is 0 Å². The van der Waals surface area contributed by atoms with E-state index in [2.05, 4.69) is 0 Å². The van der Waals surface area contributed by atoms with Crippen LogP contribution < -0.4 is 4.74 Å². The predicted molar refractivity (Wildman–Crippen MR) is 79.7 cm³/mol. The number of hydrogen-bond donors (Lipinski definition) is 0. The van der Waals surface area contributed by atoms with E-state index < -0.39 is 10.0 Å². The highest BCUT2D eigenvalue weighted by atomic mass is 32.2. The van der Waals surface area contributed by atoms with Gasteiger partial charge in [-0.2, -0.15) is 4.31 Å². The van der Waals surface area contributed by atoms with Gasteiger partial charge >= 0.3 is 0 Å². The Hall–Kier alpha value is -1.07. The van der Waals surface area contributed by atoms with Crippen molar-refractivity contribution in [2.45, 2.75) is 44.4 Å². The van der Waals surface area contributed by atoms with Crippen LogP contribution in [0.3, 0.4) is 0 Å². The van der Waals surface area contributed by atoms with E-state index in [1.807, 2.05) is 13.8 Å². The van der Waals surface area contributed by atoms with Gasteiger partial charge in [0.05, 0.1) is 12.0 Å². The summed E-state index contributed by atoms with van der Waals surface area (Å²) >= 11 is 0. The second-order valence-electron chi connectivity index (χ2n) is 5.41. The standard InChI is InChI=1S/C15H23NO3S/c1-12-11-15(13(2)10-14(12)19-3)20(17,18)16-8-6-4-5-7-9-16/h10-11H,4-9H2,1-3H3. The van der Waals surface area contributed by atoms with Gasteiger partial charge in [0.2, 0.25) is 10.0 Å². The molecule has 0 spiro atoms. The lowest BCUT2D eigenvalue weighted by atomic mass is 10.1. The van der Waals surface area contributed by atoms with Crippen LogP contribution in [-0.4, -0.2) is 32.9 Å². The Bertz CT molecular complexity index is 573. The summed E-state index contributed by atoms with van der Waals surface area (Å²) in [5.41, 5.74) is 1.60. The van der Waals surface area contributed by atoms with E-state index in [0.717, 1.165) is 42.6 Å². The Morgan fingerprint density at radius 3 is 2.15 bits per heavy atom. The number of hydrogen-bond acceptors (Lipinski definition) is 3. The average Bonchev–Trinajstić information content (AvgIpc) is 2.70. The van der Waals surface area contributed by atoms with Crippen molar-refractivity contribution in [1.82, 2.24) is 4.31 Å². The molecule has 1 aliphatic heterocycles. The molecule has 0 radical (unpaired) electrons. The maximum atomic E-state index is 12.8. The van der Waals surface area contributed by atoms with Gasteiger partial charge in [0.25, 0.3) is 0 Å². The maximum Gasteiger partial charge on any atom is 0.243 e. The van der Waals surface area contributed by atoms with Crippen molar-refractivity contribution < 1.29 is 13.2 Å². The molecule has 112 valence electrons. The van der Waals surface area contributed by atoms with Crippen LogP contribution in [0.15, 0.2) is 17.0 Å². The van der Waals surface area contributed by atoms with E-state index in [9.17, 15) is 8.42 Å². The lowest BCUT2D eigenvalue weighted by Crippen LogP contribution is -2.32. The van der Waals surface area contributed by atoms with Crippen LogP contribution in [0.5, 0.6) is 5.75 Å².